The van der Waals surface area contributed by atoms with Crippen LogP contribution in [0.1, 0.15) is 11.1 Å². The number of nitrogens with zero attached hydrogens (tertiary/aromatic N) is 1. The van der Waals surface area contributed by atoms with Crippen LogP contribution in [0.25, 0.3) is 6.08 Å². The lowest BCUT2D eigenvalue weighted by atomic mass is 10.1. The fourth-order valence-electron chi connectivity index (χ4n) is 2.25. The summed E-state index contributed by atoms with van der Waals surface area (Å²) in [5, 5.41) is 11.7. The number of hydrogen-bond acceptors (Lipinski definition) is 3. The standard InChI is InChI=1S/C17H13FN2O3/c18-14-4-2-1-3-12(14)10-20-16(22)15(19-17(20)23)9-11-5-7-13(21)8-6-11/h1-9,21H,10H2,(H,19,23)/b15-9-. The Balaban J connectivity index is 1.82. The molecule has 3 rings (SSSR count). The van der Waals surface area contributed by atoms with E-state index in [1.807, 2.05) is 0 Å². The van der Waals surface area contributed by atoms with Gasteiger partial charge in [-0.3, -0.25) is 9.69 Å². The Morgan fingerprint density at radius 2 is 1.78 bits per heavy atom. The summed E-state index contributed by atoms with van der Waals surface area (Å²) in [5.74, 6) is -0.884. The van der Waals surface area contributed by atoms with Gasteiger partial charge >= 0.3 is 6.03 Å². The molecule has 1 fully saturated rings. The third-order valence-electron chi connectivity index (χ3n) is 3.45. The summed E-state index contributed by atoms with van der Waals surface area (Å²) in [6, 6.07) is 11.6. The number of carbonyl (C=O) groups is 2. The largest absolute Gasteiger partial charge is 0.508 e. The lowest BCUT2D eigenvalue weighted by molar-refractivity contribution is -0.123. The molecular formula is C17H13FN2O3. The summed E-state index contributed by atoms with van der Waals surface area (Å²) < 4.78 is 13.7. The molecule has 1 saturated heterocycles. The Morgan fingerprint density at radius 1 is 1.09 bits per heavy atom. The fourth-order valence-corrected chi connectivity index (χ4v) is 2.25. The van der Waals surface area contributed by atoms with E-state index in [9.17, 15) is 19.1 Å². The predicted octanol–water partition coefficient (Wildman–Crippen LogP) is 2.62. The van der Waals surface area contributed by atoms with Gasteiger partial charge in [0.05, 0.1) is 6.54 Å². The molecule has 2 N–H and O–H groups in total. The number of phenolic OH excluding ortho intramolecular Hbond substituents is 1. The van der Waals surface area contributed by atoms with Gasteiger partial charge in [0.2, 0.25) is 0 Å². The number of rotatable bonds is 3. The summed E-state index contributed by atoms with van der Waals surface area (Å²) in [6.45, 7) is -0.135. The first kappa shape index (κ1) is 14.8. The molecule has 116 valence electrons. The van der Waals surface area contributed by atoms with E-state index in [0.717, 1.165) is 4.90 Å². The van der Waals surface area contributed by atoms with Gasteiger partial charge < -0.3 is 10.4 Å². The van der Waals surface area contributed by atoms with Crippen LogP contribution in [0.15, 0.2) is 54.2 Å². The molecule has 0 bridgehead atoms. The molecular weight excluding hydrogens is 299 g/mol. The summed E-state index contributed by atoms with van der Waals surface area (Å²) in [7, 11) is 0. The number of phenols is 1. The minimum absolute atomic E-state index is 0.107. The molecule has 1 heterocycles. The second-order valence-electron chi connectivity index (χ2n) is 5.06. The Morgan fingerprint density at radius 3 is 2.48 bits per heavy atom. The SMILES string of the molecule is O=C1N/C(=C\c2ccc(O)cc2)C(=O)N1Cc1ccccc1F. The lowest BCUT2D eigenvalue weighted by Gasteiger charge is -2.12. The molecule has 0 unspecified atom stereocenters. The molecule has 0 saturated carbocycles. The highest BCUT2D eigenvalue weighted by Gasteiger charge is 2.33. The first-order valence-corrected chi connectivity index (χ1v) is 6.91. The Labute approximate surface area is 131 Å². The maximum absolute atomic E-state index is 13.7. The smallest absolute Gasteiger partial charge is 0.329 e. The van der Waals surface area contributed by atoms with E-state index in [0.29, 0.717) is 5.56 Å². The van der Waals surface area contributed by atoms with Crippen molar-refractivity contribution < 1.29 is 19.1 Å². The van der Waals surface area contributed by atoms with Crippen molar-refractivity contribution in [3.8, 4) is 5.75 Å². The molecule has 0 radical (unpaired) electrons. The Bertz CT molecular complexity index is 800. The van der Waals surface area contributed by atoms with Crippen LogP contribution < -0.4 is 5.32 Å². The molecule has 0 aliphatic carbocycles. The van der Waals surface area contributed by atoms with E-state index in [4.69, 9.17) is 0 Å². The number of urea groups is 1. The number of hydrogen-bond donors (Lipinski definition) is 2. The number of amides is 3. The van der Waals surface area contributed by atoms with Gasteiger partial charge in [0, 0.05) is 5.56 Å². The van der Waals surface area contributed by atoms with Gasteiger partial charge in [-0.05, 0) is 29.8 Å². The zero-order chi connectivity index (χ0) is 16.4. The predicted molar refractivity (Wildman–Crippen MR) is 81.6 cm³/mol. The van der Waals surface area contributed by atoms with Gasteiger partial charge in [0.25, 0.3) is 5.91 Å². The van der Waals surface area contributed by atoms with Gasteiger partial charge in [0.15, 0.2) is 0 Å². The van der Waals surface area contributed by atoms with E-state index < -0.39 is 17.8 Å². The van der Waals surface area contributed by atoms with E-state index in [1.54, 1.807) is 24.3 Å². The molecule has 1 aliphatic heterocycles. The van der Waals surface area contributed by atoms with Crippen LogP contribution >= 0.6 is 0 Å². The van der Waals surface area contributed by atoms with Gasteiger partial charge in [-0.1, -0.05) is 30.3 Å². The second kappa shape index (κ2) is 5.92. The van der Waals surface area contributed by atoms with Crippen molar-refractivity contribution in [3.63, 3.8) is 0 Å². The van der Waals surface area contributed by atoms with Crippen molar-refractivity contribution in [3.05, 3.63) is 71.2 Å². The van der Waals surface area contributed by atoms with Crippen molar-refractivity contribution >= 4 is 18.0 Å². The Kier molecular flexibility index (Phi) is 3.80. The van der Waals surface area contributed by atoms with E-state index in [2.05, 4.69) is 5.32 Å². The van der Waals surface area contributed by atoms with Crippen LogP contribution in [0.2, 0.25) is 0 Å². The topological polar surface area (TPSA) is 69.6 Å². The molecule has 3 amide bonds. The zero-order valence-electron chi connectivity index (χ0n) is 12.0. The van der Waals surface area contributed by atoms with Crippen LogP contribution in [-0.4, -0.2) is 21.9 Å². The minimum atomic E-state index is -0.594. The maximum Gasteiger partial charge on any atom is 0.329 e. The number of halogens is 1. The van der Waals surface area contributed by atoms with Crippen molar-refractivity contribution in [1.29, 1.82) is 0 Å². The summed E-state index contributed by atoms with van der Waals surface area (Å²) in [5.41, 5.74) is 1.03. The van der Waals surface area contributed by atoms with E-state index >= 15 is 0 Å². The van der Waals surface area contributed by atoms with Crippen LogP contribution in [0, 0.1) is 5.82 Å². The van der Waals surface area contributed by atoms with Crippen molar-refractivity contribution in [1.82, 2.24) is 10.2 Å². The highest BCUT2D eigenvalue weighted by molar-refractivity contribution is 6.13. The first-order valence-electron chi connectivity index (χ1n) is 6.91. The molecule has 2 aromatic carbocycles. The number of carbonyl (C=O) groups excluding carboxylic acids is 2. The first-order chi connectivity index (χ1) is 11.0. The molecule has 0 aromatic heterocycles. The summed E-state index contributed by atoms with van der Waals surface area (Å²) in [4.78, 5) is 25.2. The molecule has 1 aliphatic rings. The molecule has 2 aromatic rings. The highest BCUT2D eigenvalue weighted by Crippen LogP contribution is 2.19. The van der Waals surface area contributed by atoms with Crippen LogP contribution in [0.5, 0.6) is 5.75 Å². The molecule has 5 nitrogen and oxygen atoms in total. The summed E-state index contributed by atoms with van der Waals surface area (Å²) >= 11 is 0. The number of nitrogens with one attached hydrogen (secondary N) is 1. The maximum atomic E-state index is 13.7. The zero-order valence-corrected chi connectivity index (χ0v) is 12.0. The van der Waals surface area contributed by atoms with Gasteiger partial charge in [0.1, 0.15) is 17.3 Å². The molecule has 23 heavy (non-hydrogen) atoms. The van der Waals surface area contributed by atoms with Crippen molar-refractivity contribution in [2.24, 2.45) is 0 Å². The normalized spacial score (nSPS) is 16.0. The van der Waals surface area contributed by atoms with E-state index in [1.165, 1.54) is 30.3 Å². The number of aromatic hydroxyl groups is 1. The third kappa shape index (κ3) is 3.06. The summed E-state index contributed by atoms with van der Waals surface area (Å²) in [6.07, 6.45) is 1.50. The molecule has 6 heteroatoms. The molecule has 0 atom stereocenters. The quantitative estimate of drug-likeness (QED) is 0.676. The highest BCUT2D eigenvalue weighted by atomic mass is 19.1. The van der Waals surface area contributed by atoms with Gasteiger partial charge in [-0.15, -0.1) is 0 Å². The van der Waals surface area contributed by atoms with Crippen LogP contribution in [-0.2, 0) is 11.3 Å². The van der Waals surface area contributed by atoms with Crippen LogP contribution in [0.4, 0.5) is 9.18 Å². The van der Waals surface area contributed by atoms with Crippen molar-refractivity contribution in [2.45, 2.75) is 6.54 Å². The fraction of sp³-hybridized carbons (Fsp3) is 0.0588. The average molecular weight is 312 g/mol. The van der Waals surface area contributed by atoms with Gasteiger partial charge in [-0.25, -0.2) is 9.18 Å². The third-order valence-corrected chi connectivity index (χ3v) is 3.45. The average Bonchev–Trinajstić information content (AvgIpc) is 2.79. The monoisotopic (exact) mass is 312 g/mol. The second-order valence-corrected chi connectivity index (χ2v) is 5.06. The Hall–Kier alpha value is -3.15. The van der Waals surface area contributed by atoms with Crippen molar-refractivity contribution in [2.75, 3.05) is 0 Å². The van der Waals surface area contributed by atoms with Crippen LogP contribution in [0.3, 0.4) is 0 Å². The van der Waals surface area contributed by atoms with Gasteiger partial charge in [-0.2, -0.15) is 0 Å². The van der Waals surface area contributed by atoms with E-state index in [-0.39, 0.29) is 23.6 Å². The number of benzene rings is 2. The lowest BCUT2D eigenvalue weighted by Crippen LogP contribution is -2.30. The minimum Gasteiger partial charge on any atom is -0.508 e. The number of imide groups is 1. The molecule has 0 spiro atoms.